The molecule has 1 atom stereocenters. The minimum absolute atomic E-state index is 0.00173. The molecule has 7 heteroatoms. The fourth-order valence-corrected chi connectivity index (χ4v) is 2.36. The van der Waals surface area contributed by atoms with E-state index in [0.29, 0.717) is 16.9 Å². The molecule has 0 aliphatic heterocycles. The molecule has 2 aromatic carbocycles. The van der Waals surface area contributed by atoms with Gasteiger partial charge in [0.25, 0.3) is 11.8 Å². The number of hydrazine groups is 1. The van der Waals surface area contributed by atoms with Crippen molar-refractivity contribution in [2.75, 3.05) is 0 Å². The molecule has 0 heterocycles. The van der Waals surface area contributed by atoms with E-state index in [-0.39, 0.29) is 23.0 Å². The van der Waals surface area contributed by atoms with Gasteiger partial charge < -0.3 is 4.74 Å². The predicted octanol–water partition coefficient (Wildman–Crippen LogP) is 3.12. The third-order valence-corrected chi connectivity index (χ3v) is 4.14. The van der Waals surface area contributed by atoms with Gasteiger partial charge in [-0.05, 0) is 68.4 Å². The van der Waals surface area contributed by atoms with Gasteiger partial charge in [0.2, 0.25) is 0 Å². The molecule has 2 aromatic rings. The van der Waals surface area contributed by atoms with Gasteiger partial charge in [-0.3, -0.25) is 25.8 Å². The molecule has 2 amide bonds. The quantitative estimate of drug-likeness (QED) is 0.544. The van der Waals surface area contributed by atoms with Crippen LogP contribution in [0.5, 0.6) is 5.75 Å². The first-order chi connectivity index (χ1) is 12.9. The van der Waals surface area contributed by atoms with Gasteiger partial charge in [0.05, 0.1) is 6.10 Å². The first-order valence-corrected chi connectivity index (χ1v) is 9.05. The number of hydrogen-bond donors (Lipinski definition) is 3. The maximum atomic E-state index is 12.2. The van der Waals surface area contributed by atoms with Crippen LogP contribution in [0.4, 0.5) is 0 Å². The number of carbonyl (C=O) groups is 2. The zero-order valence-corrected chi connectivity index (χ0v) is 16.4. The van der Waals surface area contributed by atoms with E-state index in [1.807, 2.05) is 32.9 Å². The van der Waals surface area contributed by atoms with Crippen LogP contribution in [0.25, 0.3) is 0 Å². The van der Waals surface area contributed by atoms with E-state index < -0.39 is 0 Å². The maximum absolute atomic E-state index is 12.2. The van der Waals surface area contributed by atoms with Crippen LogP contribution in [0.3, 0.4) is 0 Å². The number of carbonyl (C=O) groups excluding carboxylic acids is 2. The molecule has 0 radical (unpaired) electrons. The van der Waals surface area contributed by atoms with Crippen LogP contribution in [-0.2, 0) is 0 Å². The number of ether oxygens (including phenoxy) is 1. The highest BCUT2D eigenvalue weighted by Crippen LogP contribution is 2.14. The Morgan fingerprint density at radius 1 is 1.04 bits per heavy atom. The number of thiocarbonyl (C=S) groups is 1. The Morgan fingerprint density at radius 3 is 2.33 bits per heavy atom. The summed E-state index contributed by atoms with van der Waals surface area (Å²) in [6.07, 6.45) is 1.01. The topological polar surface area (TPSA) is 79.5 Å². The van der Waals surface area contributed by atoms with Gasteiger partial charge in [0, 0.05) is 11.1 Å². The molecule has 3 N–H and O–H groups in total. The highest BCUT2D eigenvalue weighted by Gasteiger charge is 2.11. The van der Waals surface area contributed by atoms with Gasteiger partial charge >= 0.3 is 0 Å². The summed E-state index contributed by atoms with van der Waals surface area (Å²) in [4.78, 5) is 24.3. The Kier molecular flexibility index (Phi) is 7.31. The van der Waals surface area contributed by atoms with Crippen molar-refractivity contribution in [3.05, 3.63) is 65.2 Å². The summed E-state index contributed by atoms with van der Waals surface area (Å²) in [5.41, 5.74) is 6.79. The SMILES string of the molecule is CCC(C)Oc1ccc(C(=O)NC(=S)NNC(=O)c2ccccc2C)cc1. The van der Waals surface area contributed by atoms with Crippen molar-refractivity contribution in [1.82, 2.24) is 16.2 Å². The summed E-state index contributed by atoms with van der Waals surface area (Å²) in [7, 11) is 0. The van der Waals surface area contributed by atoms with Crippen molar-refractivity contribution in [3.63, 3.8) is 0 Å². The summed E-state index contributed by atoms with van der Waals surface area (Å²) < 4.78 is 5.68. The number of rotatable bonds is 5. The molecule has 0 aliphatic rings. The minimum atomic E-state index is -0.382. The van der Waals surface area contributed by atoms with Crippen LogP contribution >= 0.6 is 12.2 Å². The largest absolute Gasteiger partial charge is 0.491 e. The molecule has 0 saturated heterocycles. The Morgan fingerprint density at radius 2 is 1.70 bits per heavy atom. The van der Waals surface area contributed by atoms with Gasteiger partial charge in [-0.2, -0.15) is 0 Å². The van der Waals surface area contributed by atoms with Crippen LogP contribution in [0, 0.1) is 6.92 Å². The van der Waals surface area contributed by atoms with Gasteiger partial charge in [0.15, 0.2) is 5.11 Å². The minimum Gasteiger partial charge on any atom is -0.491 e. The van der Waals surface area contributed by atoms with E-state index >= 15 is 0 Å². The van der Waals surface area contributed by atoms with Crippen molar-refractivity contribution in [3.8, 4) is 5.75 Å². The monoisotopic (exact) mass is 385 g/mol. The van der Waals surface area contributed by atoms with Crippen molar-refractivity contribution in [2.45, 2.75) is 33.3 Å². The summed E-state index contributed by atoms with van der Waals surface area (Å²) in [6, 6.07) is 13.9. The van der Waals surface area contributed by atoms with Gasteiger partial charge in [-0.15, -0.1) is 0 Å². The smallest absolute Gasteiger partial charge is 0.269 e. The summed E-state index contributed by atoms with van der Waals surface area (Å²) >= 11 is 5.05. The molecule has 0 saturated carbocycles. The first kappa shape index (κ1) is 20.4. The lowest BCUT2D eigenvalue weighted by Crippen LogP contribution is -2.48. The Bertz CT molecular complexity index is 821. The second-order valence-electron chi connectivity index (χ2n) is 6.04. The van der Waals surface area contributed by atoms with Crippen molar-refractivity contribution >= 4 is 29.1 Å². The average Bonchev–Trinajstić information content (AvgIpc) is 2.66. The lowest BCUT2D eigenvalue weighted by molar-refractivity contribution is 0.0934. The van der Waals surface area contributed by atoms with E-state index in [0.717, 1.165) is 12.0 Å². The number of hydrogen-bond acceptors (Lipinski definition) is 4. The predicted molar refractivity (Wildman–Crippen MR) is 109 cm³/mol. The molecule has 6 nitrogen and oxygen atoms in total. The van der Waals surface area contributed by atoms with Crippen LogP contribution < -0.4 is 20.9 Å². The highest BCUT2D eigenvalue weighted by atomic mass is 32.1. The molecule has 2 rings (SSSR count). The zero-order chi connectivity index (χ0) is 19.8. The average molecular weight is 385 g/mol. The lowest BCUT2D eigenvalue weighted by Gasteiger charge is -2.13. The third-order valence-electron chi connectivity index (χ3n) is 3.94. The molecular weight excluding hydrogens is 362 g/mol. The molecular formula is C20H23N3O3S. The Hall–Kier alpha value is -2.93. The summed E-state index contributed by atoms with van der Waals surface area (Å²) in [6.45, 7) is 5.86. The zero-order valence-electron chi connectivity index (χ0n) is 15.5. The van der Waals surface area contributed by atoms with Gasteiger partial charge in [0.1, 0.15) is 5.75 Å². The first-order valence-electron chi connectivity index (χ1n) is 8.64. The van der Waals surface area contributed by atoms with E-state index in [4.69, 9.17) is 17.0 Å². The molecule has 1 unspecified atom stereocenters. The molecule has 0 aromatic heterocycles. The van der Waals surface area contributed by atoms with Crippen molar-refractivity contribution < 1.29 is 14.3 Å². The Labute approximate surface area is 164 Å². The van der Waals surface area contributed by atoms with Crippen LogP contribution in [-0.4, -0.2) is 23.0 Å². The number of aryl methyl sites for hydroxylation is 1. The fourth-order valence-electron chi connectivity index (χ4n) is 2.22. The highest BCUT2D eigenvalue weighted by molar-refractivity contribution is 7.80. The van der Waals surface area contributed by atoms with Gasteiger partial charge in [-0.1, -0.05) is 25.1 Å². The summed E-state index contributed by atoms with van der Waals surface area (Å²) in [5, 5.41) is 2.52. The van der Waals surface area contributed by atoms with Crippen LogP contribution in [0.15, 0.2) is 48.5 Å². The number of amides is 2. The molecule has 0 fully saturated rings. The number of nitrogens with one attached hydrogen (secondary N) is 3. The normalized spacial score (nSPS) is 11.2. The molecule has 27 heavy (non-hydrogen) atoms. The maximum Gasteiger partial charge on any atom is 0.269 e. The molecule has 0 aliphatic carbocycles. The lowest BCUT2D eigenvalue weighted by atomic mass is 10.1. The van der Waals surface area contributed by atoms with Crippen molar-refractivity contribution in [1.29, 1.82) is 0 Å². The van der Waals surface area contributed by atoms with E-state index in [1.165, 1.54) is 0 Å². The second kappa shape index (κ2) is 9.68. The molecule has 142 valence electrons. The van der Waals surface area contributed by atoms with E-state index in [1.54, 1.807) is 36.4 Å². The fraction of sp³-hybridized carbons (Fsp3) is 0.250. The van der Waals surface area contributed by atoms with Crippen LogP contribution in [0.1, 0.15) is 46.5 Å². The summed E-state index contributed by atoms with van der Waals surface area (Å²) in [5.74, 6) is -0.0175. The third kappa shape index (κ3) is 6.07. The Balaban J connectivity index is 1.85. The van der Waals surface area contributed by atoms with E-state index in [9.17, 15) is 9.59 Å². The van der Waals surface area contributed by atoms with Crippen LogP contribution in [0.2, 0.25) is 0 Å². The van der Waals surface area contributed by atoms with E-state index in [2.05, 4.69) is 16.2 Å². The van der Waals surface area contributed by atoms with Crippen molar-refractivity contribution in [2.24, 2.45) is 0 Å². The molecule has 0 bridgehead atoms. The second-order valence-corrected chi connectivity index (χ2v) is 6.45. The number of benzene rings is 2. The van der Waals surface area contributed by atoms with Gasteiger partial charge in [-0.25, -0.2) is 0 Å². The standard InChI is InChI=1S/C20H23N3O3S/c1-4-14(3)26-16-11-9-15(10-12-16)18(24)21-20(27)23-22-19(25)17-8-6-5-7-13(17)2/h5-12,14H,4H2,1-3H3,(H,22,25)(H2,21,23,24,27). The molecule has 0 spiro atoms.